The SMILES string of the molecule is Cc1ccc(F)cc1NCC(=O)N1CCCc2ccccc21. The zero-order chi connectivity index (χ0) is 15.5. The van der Waals surface area contributed by atoms with Crippen LogP contribution in [0.5, 0.6) is 0 Å². The van der Waals surface area contributed by atoms with E-state index >= 15 is 0 Å². The number of halogens is 1. The zero-order valence-electron chi connectivity index (χ0n) is 12.6. The van der Waals surface area contributed by atoms with E-state index in [0.29, 0.717) is 5.69 Å². The van der Waals surface area contributed by atoms with Gasteiger partial charge in [0.15, 0.2) is 0 Å². The number of amides is 1. The summed E-state index contributed by atoms with van der Waals surface area (Å²) in [6.07, 6.45) is 1.98. The fraction of sp³-hybridized carbons (Fsp3) is 0.278. The molecule has 3 nitrogen and oxygen atoms in total. The van der Waals surface area contributed by atoms with Crippen molar-refractivity contribution in [2.45, 2.75) is 19.8 Å². The molecular formula is C18H19FN2O. The number of rotatable bonds is 3. The monoisotopic (exact) mass is 298 g/mol. The molecule has 4 heteroatoms. The highest BCUT2D eigenvalue weighted by atomic mass is 19.1. The second kappa shape index (κ2) is 6.18. The molecule has 0 saturated carbocycles. The van der Waals surface area contributed by atoms with Gasteiger partial charge in [-0.1, -0.05) is 24.3 Å². The third kappa shape index (κ3) is 2.96. The second-order valence-corrected chi connectivity index (χ2v) is 5.59. The number of anilines is 2. The van der Waals surface area contributed by atoms with E-state index in [1.165, 1.54) is 17.7 Å². The fourth-order valence-corrected chi connectivity index (χ4v) is 2.84. The molecule has 1 aliphatic heterocycles. The Morgan fingerprint density at radius 1 is 1.27 bits per heavy atom. The van der Waals surface area contributed by atoms with Crippen LogP contribution >= 0.6 is 0 Å². The van der Waals surface area contributed by atoms with Gasteiger partial charge in [-0.05, 0) is 49.1 Å². The van der Waals surface area contributed by atoms with Crippen molar-refractivity contribution in [2.24, 2.45) is 0 Å². The van der Waals surface area contributed by atoms with E-state index in [1.807, 2.05) is 30.0 Å². The maximum atomic E-state index is 13.3. The third-order valence-corrected chi connectivity index (χ3v) is 4.04. The summed E-state index contributed by atoms with van der Waals surface area (Å²) in [4.78, 5) is 14.3. The summed E-state index contributed by atoms with van der Waals surface area (Å²) >= 11 is 0. The van der Waals surface area contributed by atoms with Crippen LogP contribution in [0, 0.1) is 12.7 Å². The molecule has 0 unspecified atom stereocenters. The van der Waals surface area contributed by atoms with Gasteiger partial charge in [-0.3, -0.25) is 4.79 Å². The van der Waals surface area contributed by atoms with E-state index in [2.05, 4.69) is 11.4 Å². The molecule has 0 spiro atoms. The number of nitrogens with zero attached hydrogens (tertiary/aromatic N) is 1. The molecule has 0 fully saturated rings. The van der Waals surface area contributed by atoms with Crippen molar-refractivity contribution in [3.8, 4) is 0 Å². The predicted molar refractivity (Wildman–Crippen MR) is 86.7 cm³/mol. The Hall–Kier alpha value is -2.36. The van der Waals surface area contributed by atoms with Crippen LogP contribution in [-0.4, -0.2) is 19.0 Å². The molecular weight excluding hydrogens is 279 g/mol. The molecule has 0 radical (unpaired) electrons. The molecule has 1 heterocycles. The minimum atomic E-state index is -0.302. The lowest BCUT2D eigenvalue weighted by atomic mass is 10.0. The Balaban J connectivity index is 1.72. The van der Waals surface area contributed by atoms with Gasteiger partial charge in [-0.15, -0.1) is 0 Å². The average Bonchev–Trinajstić information content (AvgIpc) is 2.55. The molecule has 1 aliphatic rings. The van der Waals surface area contributed by atoms with Gasteiger partial charge in [0.25, 0.3) is 0 Å². The van der Waals surface area contributed by atoms with Gasteiger partial charge in [0, 0.05) is 17.9 Å². The minimum Gasteiger partial charge on any atom is -0.376 e. The Morgan fingerprint density at radius 2 is 2.09 bits per heavy atom. The number of carbonyl (C=O) groups is 1. The van der Waals surface area contributed by atoms with Crippen LogP contribution in [0.2, 0.25) is 0 Å². The molecule has 3 rings (SSSR count). The highest BCUT2D eigenvalue weighted by Crippen LogP contribution is 2.26. The number of aryl methyl sites for hydroxylation is 2. The first kappa shape index (κ1) is 14.6. The van der Waals surface area contributed by atoms with Crippen molar-refractivity contribution >= 4 is 17.3 Å². The topological polar surface area (TPSA) is 32.3 Å². The quantitative estimate of drug-likeness (QED) is 0.940. The van der Waals surface area contributed by atoms with Crippen LogP contribution in [0.25, 0.3) is 0 Å². The van der Waals surface area contributed by atoms with Gasteiger partial charge in [-0.2, -0.15) is 0 Å². The van der Waals surface area contributed by atoms with Gasteiger partial charge in [0.2, 0.25) is 5.91 Å². The Labute approximate surface area is 129 Å². The molecule has 22 heavy (non-hydrogen) atoms. The standard InChI is InChI=1S/C18H19FN2O/c1-13-8-9-15(19)11-16(13)20-12-18(22)21-10-4-6-14-5-2-3-7-17(14)21/h2-3,5,7-9,11,20H,4,6,10,12H2,1H3. The molecule has 0 saturated heterocycles. The first-order chi connectivity index (χ1) is 10.6. The van der Waals surface area contributed by atoms with Crippen LogP contribution in [-0.2, 0) is 11.2 Å². The van der Waals surface area contributed by atoms with Crippen molar-refractivity contribution < 1.29 is 9.18 Å². The first-order valence-corrected chi connectivity index (χ1v) is 7.53. The highest BCUT2D eigenvalue weighted by Gasteiger charge is 2.21. The maximum absolute atomic E-state index is 13.3. The number of nitrogens with one attached hydrogen (secondary N) is 1. The zero-order valence-corrected chi connectivity index (χ0v) is 12.6. The van der Waals surface area contributed by atoms with Gasteiger partial charge < -0.3 is 10.2 Å². The van der Waals surface area contributed by atoms with Crippen molar-refractivity contribution in [2.75, 3.05) is 23.3 Å². The van der Waals surface area contributed by atoms with Gasteiger partial charge in [0.1, 0.15) is 5.82 Å². The summed E-state index contributed by atoms with van der Waals surface area (Å²) in [5.74, 6) is -0.292. The molecule has 0 aliphatic carbocycles. The normalized spacial score (nSPS) is 13.6. The molecule has 1 N–H and O–H groups in total. The third-order valence-electron chi connectivity index (χ3n) is 4.04. The number of fused-ring (bicyclic) bond motifs is 1. The maximum Gasteiger partial charge on any atom is 0.246 e. The number of hydrogen-bond donors (Lipinski definition) is 1. The van der Waals surface area contributed by atoms with Gasteiger partial charge in [0.05, 0.1) is 6.54 Å². The van der Waals surface area contributed by atoms with Gasteiger partial charge >= 0.3 is 0 Å². The lowest BCUT2D eigenvalue weighted by molar-refractivity contribution is -0.117. The van der Waals surface area contributed by atoms with Crippen LogP contribution in [0.1, 0.15) is 17.5 Å². The Bertz CT molecular complexity index is 699. The van der Waals surface area contributed by atoms with Gasteiger partial charge in [-0.25, -0.2) is 4.39 Å². The van der Waals surface area contributed by atoms with E-state index in [-0.39, 0.29) is 18.3 Å². The highest BCUT2D eigenvalue weighted by molar-refractivity contribution is 5.97. The van der Waals surface area contributed by atoms with Crippen LogP contribution in [0.3, 0.4) is 0 Å². The van der Waals surface area contributed by atoms with E-state index in [0.717, 1.165) is 30.6 Å². The summed E-state index contributed by atoms with van der Waals surface area (Å²) in [5, 5.41) is 3.05. The summed E-state index contributed by atoms with van der Waals surface area (Å²) in [6, 6.07) is 12.6. The summed E-state index contributed by atoms with van der Waals surface area (Å²) in [7, 11) is 0. The second-order valence-electron chi connectivity index (χ2n) is 5.59. The number of hydrogen-bond acceptors (Lipinski definition) is 2. The molecule has 1 amide bonds. The Kier molecular flexibility index (Phi) is 4.09. The van der Waals surface area contributed by atoms with Crippen LogP contribution < -0.4 is 10.2 Å². The summed E-state index contributed by atoms with van der Waals surface area (Å²) in [5.41, 5.74) is 3.80. The van der Waals surface area contributed by atoms with Crippen molar-refractivity contribution in [3.05, 3.63) is 59.4 Å². The fourth-order valence-electron chi connectivity index (χ4n) is 2.84. The molecule has 2 aromatic carbocycles. The minimum absolute atomic E-state index is 0.0100. The van der Waals surface area contributed by atoms with E-state index in [1.54, 1.807) is 6.07 Å². The largest absolute Gasteiger partial charge is 0.376 e. The van der Waals surface area contributed by atoms with E-state index < -0.39 is 0 Å². The summed E-state index contributed by atoms with van der Waals surface area (Å²) < 4.78 is 13.3. The molecule has 114 valence electrons. The predicted octanol–water partition coefficient (Wildman–Crippen LogP) is 3.53. The Morgan fingerprint density at radius 3 is 2.95 bits per heavy atom. The lowest BCUT2D eigenvalue weighted by Gasteiger charge is -2.29. The van der Waals surface area contributed by atoms with Crippen molar-refractivity contribution in [1.29, 1.82) is 0 Å². The van der Waals surface area contributed by atoms with Crippen molar-refractivity contribution in [3.63, 3.8) is 0 Å². The van der Waals surface area contributed by atoms with Crippen LogP contribution in [0.4, 0.5) is 15.8 Å². The molecule has 0 atom stereocenters. The van der Waals surface area contributed by atoms with Crippen LogP contribution in [0.15, 0.2) is 42.5 Å². The molecule has 0 aromatic heterocycles. The lowest BCUT2D eigenvalue weighted by Crippen LogP contribution is -2.39. The smallest absolute Gasteiger partial charge is 0.246 e. The van der Waals surface area contributed by atoms with E-state index in [9.17, 15) is 9.18 Å². The summed E-state index contributed by atoms with van der Waals surface area (Å²) in [6.45, 7) is 2.79. The van der Waals surface area contributed by atoms with E-state index in [4.69, 9.17) is 0 Å². The average molecular weight is 298 g/mol. The molecule has 0 bridgehead atoms. The number of benzene rings is 2. The molecule has 2 aromatic rings. The number of carbonyl (C=O) groups excluding carboxylic acids is 1. The number of para-hydroxylation sites is 1. The van der Waals surface area contributed by atoms with Crippen molar-refractivity contribution in [1.82, 2.24) is 0 Å². The first-order valence-electron chi connectivity index (χ1n) is 7.53.